The predicted molar refractivity (Wildman–Crippen MR) is 110 cm³/mol. The van der Waals surface area contributed by atoms with E-state index < -0.39 is 4.92 Å². The number of hydrogen-bond acceptors (Lipinski definition) is 4. The summed E-state index contributed by atoms with van der Waals surface area (Å²) in [7, 11) is 0. The zero-order chi connectivity index (χ0) is 20.2. The van der Waals surface area contributed by atoms with Gasteiger partial charge in [-0.3, -0.25) is 10.1 Å². The van der Waals surface area contributed by atoms with Gasteiger partial charge in [0.25, 0.3) is 5.69 Å². The number of aryl methyl sites for hydroxylation is 1. The van der Waals surface area contributed by atoms with Crippen molar-refractivity contribution in [2.75, 3.05) is 0 Å². The van der Waals surface area contributed by atoms with Crippen LogP contribution in [-0.4, -0.2) is 16.1 Å². The average Bonchev–Trinajstić information content (AvgIpc) is 3.03. The SMILES string of the molecule is C[C@]12CC[C@H]3c4ccc(Oc5ccc([N+](=O)[O-])cc5)cc4CC[C@@H]3[C@@H]1CC[C@@H]2O. The molecular weight excluding hydrogens is 366 g/mol. The van der Waals surface area contributed by atoms with E-state index in [0.29, 0.717) is 23.5 Å². The average molecular weight is 393 g/mol. The third-order valence-electron chi connectivity index (χ3n) is 7.93. The molecule has 5 nitrogen and oxygen atoms in total. The van der Waals surface area contributed by atoms with Crippen LogP contribution in [0.15, 0.2) is 42.5 Å². The number of nitro benzene ring substituents is 1. The molecule has 0 spiro atoms. The van der Waals surface area contributed by atoms with Crippen molar-refractivity contribution in [3.63, 3.8) is 0 Å². The molecule has 2 saturated carbocycles. The van der Waals surface area contributed by atoms with Crippen molar-refractivity contribution in [3.05, 3.63) is 63.7 Å². The second-order valence-corrected chi connectivity index (χ2v) is 9.27. The zero-order valence-corrected chi connectivity index (χ0v) is 16.7. The monoisotopic (exact) mass is 393 g/mol. The molecule has 2 fully saturated rings. The Morgan fingerprint density at radius 2 is 1.83 bits per heavy atom. The van der Waals surface area contributed by atoms with Gasteiger partial charge in [-0.25, -0.2) is 0 Å². The number of aliphatic hydroxyl groups excluding tert-OH is 1. The third kappa shape index (κ3) is 3.03. The van der Waals surface area contributed by atoms with Crippen LogP contribution in [0.5, 0.6) is 11.5 Å². The molecule has 152 valence electrons. The number of ether oxygens (including phenoxy) is 1. The number of nitrogens with zero attached hydrogens (tertiary/aromatic N) is 1. The van der Waals surface area contributed by atoms with Crippen LogP contribution in [0.2, 0.25) is 0 Å². The van der Waals surface area contributed by atoms with E-state index in [-0.39, 0.29) is 17.2 Å². The number of hydrogen-bond donors (Lipinski definition) is 1. The van der Waals surface area contributed by atoms with E-state index in [1.54, 1.807) is 12.1 Å². The maximum Gasteiger partial charge on any atom is 0.269 e. The summed E-state index contributed by atoms with van der Waals surface area (Å²) >= 11 is 0. The van der Waals surface area contributed by atoms with Crippen molar-refractivity contribution in [3.8, 4) is 11.5 Å². The molecule has 3 aliphatic carbocycles. The number of fused-ring (bicyclic) bond motifs is 5. The molecule has 5 heteroatoms. The molecule has 0 aromatic heterocycles. The van der Waals surface area contributed by atoms with Crippen LogP contribution in [0.4, 0.5) is 5.69 Å². The van der Waals surface area contributed by atoms with E-state index >= 15 is 0 Å². The third-order valence-corrected chi connectivity index (χ3v) is 7.93. The van der Waals surface area contributed by atoms with Gasteiger partial charge < -0.3 is 9.84 Å². The smallest absolute Gasteiger partial charge is 0.269 e. The van der Waals surface area contributed by atoms with E-state index in [0.717, 1.165) is 37.9 Å². The number of non-ortho nitro benzene ring substituents is 1. The molecule has 0 saturated heterocycles. The summed E-state index contributed by atoms with van der Waals surface area (Å²) < 4.78 is 5.96. The highest BCUT2D eigenvalue weighted by Crippen LogP contribution is 2.60. The Bertz CT molecular complexity index is 940. The molecule has 3 aliphatic rings. The zero-order valence-electron chi connectivity index (χ0n) is 16.7. The minimum Gasteiger partial charge on any atom is -0.457 e. The number of aliphatic hydroxyl groups is 1. The van der Waals surface area contributed by atoms with Crippen LogP contribution in [0.1, 0.15) is 56.1 Å². The van der Waals surface area contributed by atoms with Crippen LogP contribution >= 0.6 is 0 Å². The molecule has 0 amide bonds. The summed E-state index contributed by atoms with van der Waals surface area (Å²) in [5, 5.41) is 21.3. The summed E-state index contributed by atoms with van der Waals surface area (Å²) in [5.41, 5.74) is 3.00. The van der Waals surface area contributed by atoms with E-state index in [2.05, 4.69) is 19.1 Å². The van der Waals surface area contributed by atoms with Gasteiger partial charge in [0.2, 0.25) is 0 Å². The Hall–Kier alpha value is -2.40. The van der Waals surface area contributed by atoms with Gasteiger partial charge >= 0.3 is 0 Å². The normalized spacial score (nSPS) is 32.8. The highest BCUT2D eigenvalue weighted by Gasteiger charge is 2.54. The molecule has 0 bridgehead atoms. The summed E-state index contributed by atoms with van der Waals surface area (Å²) in [4.78, 5) is 10.4. The Morgan fingerprint density at radius 1 is 1.07 bits per heavy atom. The lowest BCUT2D eigenvalue weighted by molar-refractivity contribution is -0.384. The Morgan fingerprint density at radius 3 is 2.59 bits per heavy atom. The molecule has 0 unspecified atom stereocenters. The molecule has 5 atom stereocenters. The molecule has 0 aliphatic heterocycles. The lowest BCUT2D eigenvalue weighted by Crippen LogP contribution is -2.43. The predicted octanol–water partition coefficient (Wildman–Crippen LogP) is 5.60. The standard InChI is InChI=1S/C24H27NO4/c1-24-13-12-20-19-9-7-18(29-17-5-3-16(4-6-17)25(27)28)14-15(19)2-8-21(20)22(24)10-11-23(24)26/h3-7,9,14,20-23,26H,2,8,10-13H2,1H3/t20-,21-,22-,23-,24-/m0/s1. The van der Waals surface area contributed by atoms with Crippen LogP contribution in [0.3, 0.4) is 0 Å². The molecule has 1 N–H and O–H groups in total. The molecule has 0 radical (unpaired) electrons. The fourth-order valence-electron chi connectivity index (χ4n) is 6.37. The summed E-state index contributed by atoms with van der Waals surface area (Å²) in [6.45, 7) is 2.31. The van der Waals surface area contributed by atoms with Gasteiger partial charge in [0.15, 0.2) is 0 Å². The van der Waals surface area contributed by atoms with Crippen molar-refractivity contribution in [2.24, 2.45) is 17.3 Å². The molecule has 2 aromatic carbocycles. The minimum absolute atomic E-state index is 0.0650. The van der Waals surface area contributed by atoms with Crippen molar-refractivity contribution in [1.82, 2.24) is 0 Å². The van der Waals surface area contributed by atoms with Gasteiger partial charge in [0, 0.05) is 12.1 Å². The molecule has 0 heterocycles. The quantitative estimate of drug-likeness (QED) is 0.544. The lowest BCUT2D eigenvalue weighted by Gasteiger charge is -2.50. The van der Waals surface area contributed by atoms with E-state index in [9.17, 15) is 15.2 Å². The van der Waals surface area contributed by atoms with E-state index in [4.69, 9.17) is 4.74 Å². The second kappa shape index (κ2) is 6.84. The summed E-state index contributed by atoms with van der Waals surface area (Å²) in [6, 6.07) is 12.6. The van der Waals surface area contributed by atoms with Crippen LogP contribution in [-0.2, 0) is 6.42 Å². The van der Waals surface area contributed by atoms with Gasteiger partial charge in [-0.15, -0.1) is 0 Å². The topological polar surface area (TPSA) is 72.6 Å². The molecule has 5 rings (SSSR count). The van der Waals surface area contributed by atoms with Crippen molar-refractivity contribution < 1.29 is 14.8 Å². The van der Waals surface area contributed by atoms with Crippen LogP contribution in [0, 0.1) is 27.4 Å². The van der Waals surface area contributed by atoms with Gasteiger partial charge in [-0.05, 0) is 97.1 Å². The fraction of sp³-hybridized carbons (Fsp3) is 0.500. The molecule has 29 heavy (non-hydrogen) atoms. The van der Waals surface area contributed by atoms with Gasteiger partial charge in [0.1, 0.15) is 11.5 Å². The molecular formula is C24H27NO4. The first kappa shape index (κ1) is 18.6. The fourth-order valence-corrected chi connectivity index (χ4v) is 6.37. The highest BCUT2D eigenvalue weighted by atomic mass is 16.6. The van der Waals surface area contributed by atoms with Gasteiger partial charge in [0.05, 0.1) is 11.0 Å². The number of benzene rings is 2. The largest absolute Gasteiger partial charge is 0.457 e. The Kier molecular flexibility index (Phi) is 4.39. The number of nitro groups is 1. The maximum absolute atomic E-state index is 10.8. The first-order valence-corrected chi connectivity index (χ1v) is 10.7. The second-order valence-electron chi connectivity index (χ2n) is 9.27. The van der Waals surface area contributed by atoms with Gasteiger partial charge in [-0.2, -0.15) is 0 Å². The lowest BCUT2D eigenvalue weighted by atomic mass is 9.55. The first-order valence-electron chi connectivity index (χ1n) is 10.7. The van der Waals surface area contributed by atoms with Gasteiger partial charge in [-0.1, -0.05) is 13.0 Å². The minimum atomic E-state index is -0.405. The van der Waals surface area contributed by atoms with Crippen molar-refractivity contribution >= 4 is 5.69 Å². The van der Waals surface area contributed by atoms with Crippen molar-refractivity contribution in [1.29, 1.82) is 0 Å². The summed E-state index contributed by atoms with van der Waals surface area (Å²) in [5.74, 6) is 3.31. The maximum atomic E-state index is 10.8. The van der Waals surface area contributed by atoms with Crippen LogP contribution in [0.25, 0.3) is 0 Å². The first-order chi connectivity index (χ1) is 14.0. The number of rotatable bonds is 3. The van der Waals surface area contributed by atoms with Crippen LogP contribution < -0.4 is 4.74 Å². The summed E-state index contributed by atoms with van der Waals surface area (Å²) in [6.07, 6.45) is 6.49. The van der Waals surface area contributed by atoms with Crippen molar-refractivity contribution in [2.45, 2.75) is 57.5 Å². The highest BCUT2D eigenvalue weighted by molar-refractivity contribution is 5.43. The Balaban J connectivity index is 1.36. The van der Waals surface area contributed by atoms with E-state index in [1.165, 1.54) is 29.7 Å². The van der Waals surface area contributed by atoms with E-state index in [1.807, 2.05) is 6.07 Å². The Labute approximate surface area is 170 Å². The molecule has 2 aromatic rings.